The van der Waals surface area contributed by atoms with Crippen molar-refractivity contribution in [2.24, 2.45) is 0 Å². The number of aryl methyl sites for hydroxylation is 3. The smallest absolute Gasteiger partial charge is 0.0417 e. The van der Waals surface area contributed by atoms with Crippen LogP contribution in [0.15, 0.2) is 40.9 Å². The second kappa shape index (κ2) is 6.81. The molecule has 0 saturated carbocycles. The zero-order valence-corrected chi connectivity index (χ0v) is 13.1. The van der Waals surface area contributed by atoms with Crippen molar-refractivity contribution in [1.29, 1.82) is 0 Å². The van der Waals surface area contributed by atoms with E-state index < -0.39 is 0 Å². The van der Waals surface area contributed by atoms with Crippen molar-refractivity contribution in [1.82, 2.24) is 0 Å². The predicted molar refractivity (Wildman–Crippen MR) is 84.2 cm³/mol. The first-order valence-corrected chi connectivity index (χ1v) is 6.81. The number of hydrogen-bond acceptors (Lipinski definition) is 1. The molecule has 0 aromatic heterocycles. The van der Waals surface area contributed by atoms with Crippen LogP contribution in [0.4, 0.5) is 5.69 Å². The second-order valence-electron chi connectivity index (χ2n) is 4.25. The molecule has 0 aliphatic heterocycles. The van der Waals surface area contributed by atoms with E-state index in [0.29, 0.717) is 0 Å². The lowest BCUT2D eigenvalue weighted by atomic mass is 10.1. The van der Waals surface area contributed by atoms with E-state index in [1.807, 2.05) is 51.1 Å². The van der Waals surface area contributed by atoms with Gasteiger partial charge < -0.3 is 5.73 Å². The highest BCUT2D eigenvalue weighted by molar-refractivity contribution is 9.10. The zero-order chi connectivity index (χ0) is 13.7. The maximum absolute atomic E-state index is 5.69. The van der Waals surface area contributed by atoms with Crippen molar-refractivity contribution in [3.05, 3.63) is 62.6 Å². The maximum Gasteiger partial charge on any atom is 0.0417 e. The lowest BCUT2D eigenvalue weighted by Gasteiger charge is -1.98. The molecule has 0 bridgehead atoms. The minimum atomic E-state index is 0.771. The molecule has 3 heteroatoms. The van der Waals surface area contributed by atoms with E-state index in [4.69, 9.17) is 17.3 Å². The second-order valence-corrected chi connectivity index (χ2v) is 5.54. The van der Waals surface area contributed by atoms with Crippen molar-refractivity contribution in [2.75, 3.05) is 5.73 Å². The van der Waals surface area contributed by atoms with Crippen LogP contribution in [-0.2, 0) is 0 Å². The molecular formula is C15H17BrClN. The Bertz CT molecular complexity index is 489. The summed E-state index contributed by atoms with van der Waals surface area (Å²) in [5.74, 6) is 0. The number of anilines is 1. The van der Waals surface area contributed by atoms with E-state index in [2.05, 4.69) is 22.0 Å². The van der Waals surface area contributed by atoms with Gasteiger partial charge in [0.05, 0.1) is 0 Å². The highest BCUT2D eigenvalue weighted by Crippen LogP contribution is 2.19. The standard InChI is InChI=1S/C8H11N.C7H6BrCl/c1-6-3-4-7(2)8(9)5-6;1-5-2-3-6(9)4-7(5)8/h3-5H,9H2,1-2H3;2-4H,1H3. The predicted octanol–water partition coefficient (Wildman–Crippen LogP) is 5.30. The van der Waals surface area contributed by atoms with E-state index in [1.165, 1.54) is 11.1 Å². The van der Waals surface area contributed by atoms with Crippen molar-refractivity contribution < 1.29 is 0 Å². The number of hydrogen-bond donors (Lipinski definition) is 1. The Balaban J connectivity index is 0.000000180. The average molecular weight is 327 g/mol. The topological polar surface area (TPSA) is 26.0 Å². The Morgan fingerprint density at radius 2 is 1.56 bits per heavy atom. The van der Waals surface area contributed by atoms with Gasteiger partial charge in [0, 0.05) is 15.2 Å². The molecule has 0 aliphatic rings. The molecule has 0 aliphatic carbocycles. The van der Waals surface area contributed by atoms with Gasteiger partial charge in [-0.15, -0.1) is 0 Å². The summed E-state index contributed by atoms with van der Waals surface area (Å²) in [6, 6.07) is 11.8. The summed E-state index contributed by atoms with van der Waals surface area (Å²) in [4.78, 5) is 0. The summed E-state index contributed by atoms with van der Waals surface area (Å²) in [6.45, 7) is 6.07. The Kier molecular flexibility index (Phi) is 5.70. The third kappa shape index (κ3) is 4.71. The SMILES string of the molecule is Cc1ccc(C)c(N)c1.Cc1ccc(Cl)cc1Br. The van der Waals surface area contributed by atoms with E-state index in [1.54, 1.807) is 0 Å². The van der Waals surface area contributed by atoms with Gasteiger partial charge in [0.25, 0.3) is 0 Å². The van der Waals surface area contributed by atoms with E-state index in [0.717, 1.165) is 20.7 Å². The molecule has 0 saturated heterocycles. The van der Waals surface area contributed by atoms with Gasteiger partial charge in [-0.2, -0.15) is 0 Å². The number of halogens is 2. The summed E-state index contributed by atoms with van der Waals surface area (Å²) in [7, 11) is 0. The van der Waals surface area contributed by atoms with E-state index >= 15 is 0 Å². The molecule has 0 unspecified atom stereocenters. The van der Waals surface area contributed by atoms with Gasteiger partial charge in [0.15, 0.2) is 0 Å². The molecule has 0 spiro atoms. The molecule has 0 amide bonds. The van der Waals surface area contributed by atoms with Crippen LogP contribution >= 0.6 is 27.5 Å². The van der Waals surface area contributed by atoms with Crippen molar-refractivity contribution in [2.45, 2.75) is 20.8 Å². The van der Waals surface area contributed by atoms with Crippen LogP contribution in [0.2, 0.25) is 5.02 Å². The lowest BCUT2D eigenvalue weighted by Crippen LogP contribution is -1.88. The third-order valence-corrected chi connectivity index (χ3v) is 3.66. The molecule has 2 rings (SSSR count). The third-order valence-electron chi connectivity index (χ3n) is 2.57. The van der Waals surface area contributed by atoms with Gasteiger partial charge in [-0.1, -0.05) is 45.7 Å². The molecule has 96 valence electrons. The van der Waals surface area contributed by atoms with Crippen LogP contribution in [-0.4, -0.2) is 0 Å². The Morgan fingerprint density at radius 3 is 2.00 bits per heavy atom. The first-order valence-electron chi connectivity index (χ1n) is 5.64. The molecule has 2 N–H and O–H groups in total. The van der Waals surface area contributed by atoms with E-state index in [-0.39, 0.29) is 0 Å². The molecule has 1 nitrogen and oxygen atoms in total. The quantitative estimate of drug-likeness (QED) is 0.653. The fraction of sp³-hybridized carbons (Fsp3) is 0.200. The number of rotatable bonds is 0. The normalized spacial score (nSPS) is 9.61. The average Bonchev–Trinajstić information content (AvgIpc) is 2.30. The molecular weight excluding hydrogens is 310 g/mol. The van der Waals surface area contributed by atoms with Crippen LogP contribution in [0, 0.1) is 20.8 Å². The fourth-order valence-corrected chi connectivity index (χ4v) is 2.01. The molecule has 0 fully saturated rings. The summed E-state index contributed by atoms with van der Waals surface area (Å²) in [5, 5.41) is 0.771. The minimum Gasteiger partial charge on any atom is -0.399 e. The molecule has 0 radical (unpaired) electrons. The minimum absolute atomic E-state index is 0.771. The van der Waals surface area contributed by atoms with Crippen LogP contribution < -0.4 is 5.73 Å². The van der Waals surface area contributed by atoms with Crippen LogP contribution in [0.3, 0.4) is 0 Å². The Hall–Kier alpha value is -0.990. The van der Waals surface area contributed by atoms with Crippen molar-refractivity contribution >= 4 is 33.2 Å². The zero-order valence-electron chi connectivity index (χ0n) is 10.8. The highest BCUT2D eigenvalue weighted by atomic mass is 79.9. The number of benzene rings is 2. The van der Waals surface area contributed by atoms with Gasteiger partial charge in [-0.3, -0.25) is 0 Å². The summed E-state index contributed by atoms with van der Waals surface area (Å²) < 4.78 is 1.06. The fourth-order valence-electron chi connectivity index (χ4n) is 1.33. The van der Waals surface area contributed by atoms with E-state index in [9.17, 15) is 0 Å². The van der Waals surface area contributed by atoms with Crippen LogP contribution in [0.5, 0.6) is 0 Å². The lowest BCUT2D eigenvalue weighted by molar-refractivity contribution is 1.40. The maximum atomic E-state index is 5.69. The summed E-state index contributed by atoms with van der Waals surface area (Å²) in [5.41, 5.74) is 10.1. The molecule has 0 atom stereocenters. The van der Waals surface area contributed by atoms with Crippen LogP contribution in [0.1, 0.15) is 16.7 Å². The number of nitrogen functional groups attached to an aromatic ring is 1. The summed E-state index contributed by atoms with van der Waals surface area (Å²) >= 11 is 9.05. The van der Waals surface area contributed by atoms with Gasteiger partial charge in [0.2, 0.25) is 0 Å². The van der Waals surface area contributed by atoms with Gasteiger partial charge in [-0.25, -0.2) is 0 Å². The molecule has 2 aromatic carbocycles. The monoisotopic (exact) mass is 325 g/mol. The van der Waals surface area contributed by atoms with Gasteiger partial charge in [0.1, 0.15) is 0 Å². The van der Waals surface area contributed by atoms with Crippen molar-refractivity contribution in [3.63, 3.8) is 0 Å². The van der Waals surface area contributed by atoms with Crippen molar-refractivity contribution in [3.8, 4) is 0 Å². The van der Waals surface area contributed by atoms with Gasteiger partial charge in [-0.05, 0) is 55.7 Å². The molecule has 18 heavy (non-hydrogen) atoms. The highest BCUT2D eigenvalue weighted by Gasteiger charge is 1.92. The summed E-state index contributed by atoms with van der Waals surface area (Å²) in [6.07, 6.45) is 0. The Labute approximate surface area is 122 Å². The molecule has 0 heterocycles. The van der Waals surface area contributed by atoms with Crippen LogP contribution in [0.25, 0.3) is 0 Å². The molecule has 2 aromatic rings. The first kappa shape index (κ1) is 15.1. The number of nitrogens with two attached hydrogens (primary N) is 1. The first-order chi connectivity index (χ1) is 8.40. The van der Waals surface area contributed by atoms with Gasteiger partial charge >= 0.3 is 0 Å². The Morgan fingerprint density at radius 1 is 0.944 bits per heavy atom. The largest absolute Gasteiger partial charge is 0.399 e.